The van der Waals surface area contributed by atoms with Gasteiger partial charge in [0.2, 0.25) is 0 Å². The van der Waals surface area contributed by atoms with Crippen LogP contribution in [0.3, 0.4) is 0 Å². The summed E-state index contributed by atoms with van der Waals surface area (Å²) in [6.45, 7) is 2.13. The largest absolute Gasteiger partial charge is 0.384 e. The molecule has 92 valence electrons. The van der Waals surface area contributed by atoms with Crippen molar-refractivity contribution in [3.63, 3.8) is 0 Å². The number of amidine groups is 1. The highest BCUT2D eigenvalue weighted by atomic mass is 32.2. The molecular weight excluding hydrogens is 240 g/mol. The quantitative estimate of drug-likeness (QED) is 0.500. The van der Waals surface area contributed by atoms with Crippen LogP contribution in [0.2, 0.25) is 0 Å². The van der Waals surface area contributed by atoms with E-state index in [-0.39, 0.29) is 5.84 Å². The molecule has 0 aromatic heterocycles. The van der Waals surface area contributed by atoms with Crippen LogP contribution < -0.4 is 5.73 Å². The molecule has 2 nitrogen and oxygen atoms in total. The van der Waals surface area contributed by atoms with Crippen LogP contribution in [-0.4, -0.2) is 12.1 Å². The molecule has 2 aromatic rings. The molecule has 0 amide bonds. The van der Waals surface area contributed by atoms with Gasteiger partial charge in [-0.05, 0) is 42.0 Å². The highest BCUT2D eigenvalue weighted by molar-refractivity contribution is 7.98. The molecule has 2 rings (SSSR count). The van der Waals surface area contributed by atoms with Gasteiger partial charge < -0.3 is 5.73 Å². The van der Waals surface area contributed by atoms with E-state index in [0.717, 1.165) is 11.1 Å². The average Bonchev–Trinajstić information content (AvgIpc) is 2.39. The van der Waals surface area contributed by atoms with Crippen molar-refractivity contribution in [3.05, 3.63) is 53.6 Å². The van der Waals surface area contributed by atoms with Gasteiger partial charge in [0.25, 0.3) is 0 Å². The zero-order chi connectivity index (χ0) is 13.1. The van der Waals surface area contributed by atoms with E-state index in [1.807, 2.05) is 18.2 Å². The van der Waals surface area contributed by atoms with Crippen molar-refractivity contribution in [2.75, 3.05) is 6.26 Å². The van der Waals surface area contributed by atoms with E-state index in [4.69, 9.17) is 11.1 Å². The molecule has 0 unspecified atom stereocenters. The van der Waals surface area contributed by atoms with Gasteiger partial charge >= 0.3 is 0 Å². The number of benzene rings is 2. The highest BCUT2D eigenvalue weighted by Crippen LogP contribution is 2.30. The fourth-order valence-electron chi connectivity index (χ4n) is 2.00. The number of nitrogen functional groups attached to an aromatic ring is 1. The number of rotatable bonds is 3. The molecule has 2 aromatic carbocycles. The van der Waals surface area contributed by atoms with Crippen molar-refractivity contribution in [3.8, 4) is 11.1 Å². The van der Waals surface area contributed by atoms with Gasteiger partial charge in [0.15, 0.2) is 0 Å². The lowest BCUT2D eigenvalue weighted by Crippen LogP contribution is -2.10. The van der Waals surface area contributed by atoms with E-state index >= 15 is 0 Å². The molecule has 3 heteroatoms. The summed E-state index contributed by atoms with van der Waals surface area (Å²) in [6, 6.07) is 14.1. The van der Waals surface area contributed by atoms with Crippen molar-refractivity contribution in [2.24, 2.45) is 5.73 Å². The Morgan fingerprint density at radius 3 is 2.56 bits per heavy atom. The standard InChI is InChI=1S/C15H16N2S/c1-10-13(7-4-8-14(10)18-2)11-5-3-6-12(9-11)15(16)17/h3-9H,1-2H3,(H3,16,17). The smallest absolute Gasteiger partial charge is 0.122 e. The molecule has 0 fully saturated rings. The first-order chi connectivity index (χ1) is 8.63. The van der Waals surface area contributed by atoms with E-state index in [1.54, 1.807) is 11.8 Å². The van der Waals surface area contributed by atoms with Crippen LogP contribution in [0.15, 0.2) is 47.4 Å². The lowest BCUT2D eigenvalue weighted by Gasteiger charge is -2.10. The normalized spacial score (nSPS) is 10.3. The van der Waals surface area contributed by atoms with Crippen LogP contribution in [0.1, 0.15) is 11.1 Å². The number of hydrogen-bond donors (Lipinski definition) is 2. The number of nitrogens with two attached hydrogens (primary N) is 1. The van der Waals surface area contributed by atoms with Crippen molar-refractivity contribution in [2.45, 2.75) is 11.8 Å². The third kappa shape index (κ3) is 2.41. The lowest BCUT2D eigenvalue weighted by atomic mass is 9.98. The van der Waals surface area contributed by atoms with Gasteiger partial charge in [-0.3, -0.25) is 5.41 Å². The highest BCUT2D eigenvalue weighted by Gasteiger charge is 2.06. The Balaban J connectivity index is 2.55. The van der Waals surface area contributed by atoms with Crippen molar-refractivity contribution >= 4 is 17.6 Å². The predicted molar refractivity (Wildman–Crippen MR) is 79.4 cm³/mol. The zero-order valence-corrected chi connectivity index (χ0v) is 11.3. The fourth-order valence-corrected chi connectivity index (χ4v) is 2.63. The third-order valence-corrected chi connectivity index (χ3v) is 3.87. The SMILES string of the molecule is CSc1cccc(-c2cccc(C(=N)N)c2)c1C. The maximum atomic E-state index is 7.50. The Labute approximate surface area is 112 Å². The van der Waals surface area contributed by atoms with Gasteiger partial charge in [0.1, 0.15) is 5.84 Å². The molecular formula is C15H16N2S. The minimum atomic E-state index is 0.107. The second kappa shape index (κ2) is 5.27. The number of thioether (sulfide) groups is 1. The molecule has 3 N–H and O–H groups in total. The molecule has 18 heavy (non-hydrogen) atoms. The number of nitrogens with one attached hydrogen (secondary N) is 1. The second-order valence-corrected chi connectivity index (χ2v) is 4.98. The Hall–Kier alpha value is -1.74. The maximum Gasteiger partial charge on any atom is 0.122 e. The van der Waals surface area contributed by atoms with Crippen LogP contribution in [0, 0.1) is 12.3 Å². The molecule has 0 heterocycles. The molecule has 0 aliphatic rings. The Morgan fingerprint density at radius 1 is 1.17 bits per heavy atom. The van der Waals surface area contributed by atoms with Gasteiger partial charge in [-0.15, -0.1) is 11.8 Å². The molecule has 0 atom stereocenters. The maximum absolute atomic E-state index is 7.50. The first kappa shape index (κ1) is 12.7. The summed E-state index contributed by atoms with van der Waals surface area (Å²) in [6.07, 6.45) is 2.08. The lowest BCUT2D eigenvalue weighted by molar-refractivity contribution is 1.30. The number of hydrogen-bond acceptors (Lipinski definition) is 2. The Kier molecular flexibility index (Phi) is 3.72. The molecule has 0 saturated heterocycles. The Bertz CT molecular complexity index is 591. The average molecular weight is 256 g/mol. The van der Waals surface area contributed by atoms with E-state index in [1.165, 1.54) is 16.0 Å². The van der Waals surface area contributed by atoms with E-state index in [2.05, 4.69) is 37.4 Å². The van der Waals surface area contributed by atoms with Crippen molar-refractivity contribution in [1.29, 1.82) is 5.41 Å². The molecule has 0 saturated carbocycles. The Morgan fingerprint density at radius 2 is 1.89 bits per heavy atom. The van der Waals surface area contributed by atoms with Crippen LogP contribution in [-0.2, 0) is 0 Å². The first-order valence-corrected chi connectivity index (χ1v) is 6.94. The molecule has 0 bridgehead atoms. The summed E-state index contributed by atoms with van der Waals surface area (Å²) < 4.78 is 0. The summed E-state index contributed by atoms with van der Waals surface area (Å²) in [5.41, 5.74) is 9.87. The zero-order valence-electron chi connectivity index (χ0n) is 10.5. The fraction of sp³-hybridized carbons (Fsp3) is 0.133. The van der Waals surface area contributed by atoms with Gasteiger partial charge in [-0.25, -0.2) is 0 Å². The summed E-state index contributed by atoms with van der Waals surface area (Å²) in [4.78, 5) is 1.28. The third-order valence-electron chi connectivity index (χ3n) is 2.99. The first-order valence-electron chi connectivity index (χ1n) is 5.72. The topological polar surface area (TPSA) is 49.9 Å². The molecule has 0 spiro atoms. The van der Waals surface area contributed by atoms with E-state index in [0.29, 0.717) is 0 Å². The predicted octanol–water partition coefficient (Wildman–Crippen LogP) is 3.67. The van der Waals surface area contributed by atoms with E-state index in [9.17, 15) is 0 Å². The van der Waals surface area contributed by atoms with Gasteiger partial charge in [-0.2, -0.15) is 0 Å². The van der Waals surface area contributed by atoms with Gasteiger partial charge in [0.05, 0.1) is 0 Å². The summed E-state index contributed by atoms with van der Waals surface area (Å²) in [5, 5.41) is 7.50. The van der Waals surface area contributed by atoms with Gasteiger partial charge in [-0.1, -0.05) is 30.3 Å². The van der Waals surface area contributed by atoms with Crippen LogP contribution in [0.5, 0.6) is 0 Å². The monoisotopic (exact) mass is 256 g/mol. The van der Waals surface area contributed by atoms with Crippen molar-refractivity contribution < 1.29 is 0 Å². The molecule has 0 aliphatic carbocycles. The van der Waals surface area contributed by atoms with Crippen molar-refractivity contribution in [1.82, 2.24) is 0 Å². The van der Waals surface area contributed by atoms with Crippen LogP contribution in [0.25, 0.3) is 11.1 Å². The second-order valence-electron chi connectivity index (χ2n) is 4.13. The van der Waals surface area contributed by atoms with E-state index < -0.39 is 0 Å². The van der Waals surface area contributed by atoms with Crippen LogP contribution in [0.4, 0.5) is 0 Å². The minimum absolute atomic E-state index is 0.107. The summed E-state index contributed by atoms with van der Waals surface area (Å²) in [5.74, 6) is 0.107. The van der Waals surface area contributed by atoms with Gasteiger partial charge in [0, 0.05) is 10.5 Å². The molecule has 0 aliphatic heterocycles. The summed E-state index contributed by atoms with van der Waals surface area (Å²) >= 11 is 1.75. The van der Waals surface area contributed by atoms with Crippen LogP contribution >= 0.6 is 11.8 Å². The summed E-state index contributed by atoms with van der Waals surface area (Å²) in [7, 11) is 0. The minimum Gasteiger partial charge on any atom is -0.384 e. The molecule has 0 radical (unpaired) electrons.